The summed E-state index contributed by atoms with van der Waals surface area (Å²) in [5, 5.41) is 4.37. The second-order valence-corrected chi connectivity index (χ2v) is 7.93. The normalized spacial score (nSPS) is 15.9. The molecule has 1 aliphatic carbocycles. The Bertz CT molecular complexity index is 1010. The zero-order valence-electron chi connectivity index (χ0n) is 16.6. The molecule has 2 aromatic rings. The monoisotopic (exact) mass is 379 g/mol. The summed E-state index contributed by atoms with van der Waals surface area (Å²) in [5.41, 5.74) is 3.86. The second kappa shape index (κ2) is 7.02. The highest BCUT2D eigenvalue weighted by Crippen LogP contribution is 2.40. The topological polar surface area (TPSA) is 69.7 Å². The van der Waals surface area contributed by atoms with Gasteiger partial charge < -0.3 is 10.2 Å². The lowest BCUT2D eigenvalue weighted by atomic mass is 9.81. The number of amides is 3. The molecule has 2 aliphatic rings. The van der Waals surface area contributed by atoms with E-state index in [2.05, 4.69) is 11.4 Å². The molecular formula is C22H25N3O3. The Morgan fingerprint density at radius 1 is 1.11 bits per heavy atom. The van der Waals surface area contributed by atoms with Crippen LogP contribution in [0.2, 0.25) is 0 Å². The molecule has 1 heterocycles. The van der Waals surface area contributed by atoms with E-state index in [1.807, 2.05) is 25.1 Å². The molecule has 4 rings (SSSR count). The van der Waals surface area contributed by atoms with Crippen molar-refractivity contribution in [3.63, 3.8) is 0 Å². The van der Waals surface area contributed by atoms with Crippen molar-refractivity contribution in [2.45, 2.75) is 32.6 Å². The van der Waals surface area contributed by atoms with Gasteiger partial charge in [0.2, 0.25) is 5.91 Å². The lowest BCUT2D eigenvalue weighted by Gasteiger charge is -2.32. The first kappa shape index (κ1) is 18.6. The predicted octanol–water partition coefficient (Wildman–Crippen LogP) is 2.83. The van der Waals surface area contributed by atoms with Gasteiger partial charge in [-0.05, 0) is 62.4 Å². The highest BCUT2D eigenvalue weighted by atomic mass is 16.2. The third kappa shape index (κ3) is 2.98. The largest absolute Gasteiger partial charge is 0.326 e. The molecule has 146 valence electrons. The molecule has 6 heteroatoms. The molecule has 1 aliphatic heterocycles. The van der Waals surface area contributed by atoms with Gasteiger partial charge in [-0.1, -0.05) is 12.1 Å². The van der Waals surface area contributed by atoms with Crippen LogP contribution in [0, 0.1) is 0 Å². The minimum absolute atomic E-state index is 0.205. The number of nitrogens with zero attached hydrogens (tertiary/aromatic N) is 2. The lowest BCUT2D eigenvalue weighted by Crippen LogP contribution is -2.44. The van der Waals surface area contributed by atoms with Gasteiger partial charge in [0.15, 0.2) is 0 Å². The van der Waals surface area contributed by atoms with Gasteiger partial charge in [-0.25, -0.2) is 0 Å². The molecular weight excluding hydrogens is 354 g/mol. The molecule has 1 N–H and O–H groups in total. The number of aryl methyl sites for hydroxylation is 1. The van der Waals surface area contributed by atoms with Crippen LogP contribution >= 0.6 is 0 Å². The van der Waals surface area contributed by atoms with Crippen molar-refractivity contribution < 1.29 is 14.4 Å². The zero-order chi connectivity index (χ0) is 20.0. The van der Waals surface area contributed by atoms with Crippen molar-refractivity contribution in [1.29, 1.82) is 0 Å². The minimum atomic E-state index is -0.329. The van der Waals surface area contributed by atoms with Crippen LogP contribution in [-0.2, 0) is 17.6 Å². The van der Waals surface area contributed by atoms with Gasteiger partial charge in [0.1, 0.15) is 0 Å². The minimum Gasteiger partial charge on any atom is -0.326 e. The van der Waals surface area contributed by atoms with Crippen LogP contribution in [-0.4, -0.2) is 54.7 Å². The molecule has 0 bridgehead atoms. The van der Waals surface area contributed by atoms with Gasteiger partial charge in [-0.2, -0.15) is 0 Å². The SMILES string of the molecule is CC(=O)Nc1ccc2cc3c(c4c2c1C(=O)N(CCN(C)C)C4=O)CCCC3. The Morgan fingerprint density at radius 2 is 1.82 bits per heavy atom. The van der Waals surface area contributed by atoms with Crippen LogP contribution < -0.4 is 5.32 Å². The number of benzene rings is 2. The summed E-state index contributed by atoms with van der Waals surface area (Å²) in [7, 11) is 3.83. The maximum absolute atomic E-state index is 13.4. The number of likely N-dealkylation sites (N-methyl/N-ethyl adjacent to an activating group) is 1. The molecule has 0 atom stereocenters. The predicted molar refractivity (Wildman–Crippen MR) is 109 cm³/mol. The summed E-state index contributed by atoms with van der Waals surface area (Å²) in [5.74, 6) is -0.771. The number of hydrogen-bond donors (Lipinski definition) is 1. The maximum atomic E-state index is 13.4. The average Bonchev–Trinajstić information content (AvgIpc) is 2.64. The number of nitrogens with one attached hydrogen (secondary N) is 1. The van der Waals surface area contributed by atoms with Crippen molar-refractivity contribution >= 4 is 34.2 Å². The van der Waals surface area contributed by atoms with Gasteiger partial charge in [0.05, 0.1) is 16.8 Å². The van der Waals surface area contributed by atoms with E-state index in [0.29, 0.717) is 35.3 Å². The first-order chi connectivity index (χ1) is 13.4. The molecule has 0 radical (unpaired) electrons. The summed E-state index contributed by atoms with van der Waals surface area (Å²) in [6.45, 7) is 2.34. The van der Waals surface area contributed by atoms with Crippen molar-refractivity contribution in [2.75, 3.05) is 32.5 Å². The van der Waals surface area contributed by atoms with Crippen LogP contribution in [0.4, 0.5) is 5.69 Å². The number of carbonyl (C=O) groups is 3. The highest BCUT2D eigenvalue weighted by Gasteiger charge is 2.37. The molecule has 3 amide bonds. The summed E-state index contributed by atoms with van der Waals surface area (Å²) in [6, 6.07) is 5.79. The van der Waals surface area contributed by atoms with E-state index in [1.54, 1.807) is 6.07 Å². The number of imide groups is 1. The number of anilines is 1. The van der Waals surface area contributed by atoms with Gasteiger partial charge in [0.25, 0.3) is 11.8 Å². The van der Waals surface area contributed by atoms with Crippen molar-refractivity contribution in [1.82, 2.24) is 9.80 Å². The molecule has 0 aromatic heterocycles. The van der Waals surface area contributed by atoms with E-state index in [-0.39, 0.29) is 17.7 Å². The van der Waals surface area contributed by atoms with Gasteiger partial charge in [-0.15, -0.1) is 0 Å². The number of fused-ring (bicyclic) bond motifs is 2. The van der Waals surface area contributed by atoms with Crippen molar-refractivity contribution in [3.8, 4) is 0 Å². The fourth-order valence-corrected chi connectivity index (χ4v) is 4.34. The summed E-state index contributed by atoms with van der Waals surface area (Å²) in [4.78, 5) is 41.8. The lowest BCUT2D eigenvalue weighted by molar-refractivity contribution is -0.114. The van der Waals surface area contributed by atoms with E-state index < -0.39 is 0 Å². The molecule has 2 aromatic carbocycles. The first-order valence-electron chi connectivity index (χ1n) is 9.78. The van der Waals surface area contributed by atoms with E-state index in [9.17, 15) is 14.4 Å². The third-order valence-electron chi connectivity index (χ3n) is 5.63. The van der Waals surface area contributed by atoms with Gasteiger partial charge in [-0.3, -0.25) is 19.3 Å². The van der Waals surface area contributed by atoms with E-state index in [4.69, 9.17) is 0 Å². The maximum Gasteiger partial charge on any atom is 0.263 e. The quantitative estimate of drug-likeness (QED) is 0.830. The number of hydrogen-bond acceptors (Lipinski definition) is 4. The Morgan fingerprint density at radius 3 is 2.54 bits per heavy atom. The van der Waals surface area contributed by atoms with Crippen LogP contribution in [0.3, 0.4) is 0 Å². The summed E-state index contributed by atoms with van der Waals surface area (Å²) in [6.07, 6.45) is 3.98. The Hall–Kier alpha value is -2.73. The first-order valence-corrected chi connectivity index (χ1v) is 9.78. The fraction of sp³-hybridized carbons (Fsp3) is 0.409. The van der Waals surface area contributed by atoms with E-state index in [0.717, 1.165) is 36.6 Å². The molecule has 0 unspecified atom stereocenters. The average molecular weight is 379 g/mol. The smallest absolute Gasteiger partial charge is 0.263 e. The van der Waals surface area contributed by atoms with Gasteiger partial charge in [0, 0.05) is 25.4 Å². The van der Waals surface area contributed by atoms with Crippen LogP contribution in [0.25, 0.3) is 10.8 Å². The molecule has 0 saturated heterocycles. The van der Waals surface area contributed by atoms with E-state index >= 15 is 0 Å². The molecule has 0 fully saturated rings. The third-order valence-corrected chi connectivity index (χ3v) is 5.63. The number of rotatable bonds is 4. The molecule has 28 heavy (non-hydrogen) atoms. The van der Waals surface area contributed by atoms with E-state index in [1.165, 1.54) is 17.4 Å². The second-order valence-electron chi connectivity index (χ2n) is 7.93. The zero-order valence-corrected chi connectivity index (χ0v) is 16.6. The fourth-order valence-electron chi connectivity index (χ4n) is 4.34. The summed E-state index contributed by atoms with van der Waals surface area (Å²) >= 11 is 0. The van der Waals surface area contributed by atoms with Crippen molar-refractivity contribution in [2.24, 2.45) is 0 Å². The van der Waals surface area contributed by atoms with Crippen LogP contribution in [0.5, 0.6) is 0 Å². The Kier molecular flexibility index (Phi) is 4.67. The standard InChI is InChI=1S/C22H25N3O3/c1-13(26)23-17-9-8-15-12-14-6-4-5-7-16(14)19-18(15)20(17)22(28)25(21(19)27)11-10-24(2)3/h8-9,12H,4-7,10-11H2,1-3H3,(H,23,26). The Balaban J connectivity index is 1.99. The van der Waals surface area contributed by atoms with Crippen LogP contribution in [0.1, 0.15) is 51.6 Å². The van der Waals surface area contributed by atoms with Gasteiger partial charge >= 0.3 is 0 Å². The van der Waals surface area contributed by atoms with Crippen molar-refractivity contribution in [3.05, 3.63) is 40.5 Å². The molecule has 0 saturated carbocycles. The molecule has 0 spiro atoms. The Labute approximate surface area is 164 Å². The number of carbonyl (C=O) groups excluding carboxylic acids is 3. The summed E-state index contributed by atoms with van der Waals surface area (Å²) < 4.78 is 0. The van der Waals surface area contributed by atoms with Crippen LogP contribution in [0.15, 0.2) is 18.2 Å². The molecule has 6 nitrogen and oxygen atoms in total. The highest BCUT2D eigenvalue weighted by molar-refractivity contribution is 6.28.